The summed E-state index contributed by atoms with van der Waals surface area (Å²) in [5, 5.41) is 15.7. The second-order valence-corrected chi connectivity index (χ2v) is 9.36. The van der Waals surface area contributed by atoms with Crippen LogP contribution in [-0.4, -0.2) is 26.2 Å². The second kappa shape index (κ2) is 8.22. The molecule has 4 aliphatic carbocycles. The molecule has 4 saturated carbocycles. The monoisotopic (exact) mass is 409 g/mol. The Kier molecular flexibility index (Phi) is 5.64. The van der Waals surface area contributed by atoms with Gasteiger partial charge < -0.3 is 20.1 Å². The molecule has 4 bridgehead atoms. The average molecular weight is 410 g/mol. The Morgan fingerprint density at radius 3 is 2.33 bits per heavy atom. The van der Waals surface area contributed by atoms with Gasteiger partial charge in [-0.3, -0.25) is 4.79 Å². The lowest BCUT2D eigenvalue weighted by Gasteiger charge is -2.59. The number of hydrogen-bond donors (Lipinski definition) is 2. The molecule has 0 aliphatic heterocycles. The van der Waals surface area contributed by atoms with Crippen molar-refractivity contribution < 1.29 is 14.3 Å². The molecule has 30 heavy (non-hydrogen) atoms. The van der Waals surface area contributed by atoms with Crippen LogP contribution in [0.15, 0.2) is 30.0 Å². The lowest BCUT2D eigenvalue weighted by molar-refractivity contribution is -0.122. The maximum Gasteiger partial charge on any atom is 0.263 e. The molecule has 1 amide bonds. The van der Waals surface area contributed by atoms with Crippen molar-refractivity contribution in [3.8, 4) is 17.6 Å². The molecule has 0 heterocycles. The van der Waals surface area contributed by atoms with Crippen molar-refractivity contribution in [3.63, 3.8) is 0 Å². The van der Waals surface area contributed by atoms with Gasteiger partial charge in [0.1, 0.15) is 23.1 Å². The zero-order valence-corrected chi connectivity index (χ0v) is 18.0. The molecule has 2 N–H and O–H groups in total. The summed E-state index contributed by atoms with van der Waals surface area (Å²) in [4.78, 5) is 12.9. The van der Waals surface area contributed by atoms with E-state index in [2.05, 4.69) is 17.6 Å². The van der Waals surface area contributed by atoms with E-state index in [-0.39, 0.29) is 22.9 Å². The summed E-state index contributed by atoms with van der Waals surface area (Å²) in [6.45, 7) is 2.12. The molecule has 1 aromatic carbocycles. The Hall–Kier alpha value is -2.68. The van der Waals surface area contributed by atoms with Gasteiger partial charge in [0.2, 0.25) is 0 Å². The van der Waals surface area contributed by atoms with Gasteiger partial charge in [-0.2, -0.15) is 5.26 Å². The minimum Gasteiger partial charge on any atom is -0.497 e. The first-order chi connectivity index (χ1) is 14.5. The summed E-state index contributed by atoms with van der Waals surface area (Å²) < 4.78 is 10.6. The molecule has 0 aromatic heterocycles. The number of methoxy groups -OCH3 is 2. The van der Waals surface area contributed by atoms with Gasteiger partial charge in [0.15, 0.2) is 0 Å². The Balaban J connectivity index is 1.44. The number of amides is 1. The topological polar surface area (TPSA) is 83.4 Å². The first-order valence-corrected chi connectivity index (χ1v) is 10.9. The van der Waals surface area contributed by atoms with Crippen LogP contribution in [0.1, 0.15) is 45.4 Å². The predicted octanol–water partition coefficient (Wildman–Crippen LogP) is 4.24. The van der Waals surface area contributed by atoms with Crippen molar-refractivity contribution in [2.45, 2.75) is 51.5 Å². The van der Waals surface area contributed by atoms with Crippen LogP contribution in [0, 0.1) is 34.5 Å². The molecule has 1 unspecified atom stereocenters. The van der Waals surface area contributed by atoms with Crippen molar-refractivity contribution >= 4 is 11.6 Å². The van der Waals surface area contributed by atoms with E-state index in [1.807, 2.05) is 6.07 Å². The first-order valence-electron chi connectivity index (χ1n) is 10.9. The minimum atomic E-state index is -0.319. The number of anilines is 1. The maximum absolute atomic E-state index is 12.9. The molecule has 0 spiro atoms. The zero-order valence-electron chi connectivity index (χ0n) is 18.0. The zero-order chi connectivity index (χ0) is 21.3. The number of nitriles is 1. The van der Waals surface area contributed by atoms with Crippen LogP contribution in [0.4, 0.5) is 5.69 Å². The molecule has 6 heteroatoms. The van der Waals surface area contributed by atoms with E-state index in [0.717, 1.165) is 17.8 Å². The van der Waals surface area contributed by atoms with E-state index < -0.39 is 0 Å². The number of rotatable bonds is 7. The summed E-state index contributed by atoms with van der Waals surface area (Å²) >= 11 is 0. The molecular formula is C24H31N3O3. The minimum absolute atomic E-state index is 0.0597. The number of ether oxygens (including phenoxy) is 2. The summed E-state index contributed by atoms with van der Waals surface area (Å²) in [6.07, 6.45) is 9.21. The summed E-state index contributed by atoms with van der Waals surface area (Å²) in [7, 11) is 3.15. The number of hydrogen-bond acceptors (Lipinski definition) is 5. The molecule has 4 fully saturated rings. The second-order valence-electron chi connectivity index (χ2n) is 9.36. The van der Waals surface area contributed by atoms with Crippen LogP contribution in [0.5, 0.6) is 11.5 Å². The third-order valence-corrected chi connectivity index (χ3v) is 7.50. The normalized spacial score (nSPS) is 30.3. The molecule has 4 aliphatic rings. The summed E-state index contributed by atoms with van der Waals surface area (Å²) in [5.41, 5.74) is 0.926. The quantitative estimate of drug-likeness (QED) is 0.520. The molecular weight excluding hydrogens is 378 g/mol. The number of nitrogens with zero attached hydrogens (tertiary/aromatic N) is 1. The van der Waals surface area contributed by atoms with Gasteiger partial charge in [0.25, 0.3) is 5.91 Å². The van der Waals surface area contributed by atoms with E-state index in [4.69, 9.17) is 9.47 Å². The van der Waals surface area contributed by atoms with Crippen LogP contribution in [0.25, 0.3) is 0 Å². The first kappa shape index (κ1) is 20.6. The smallest absolute Gasteiger partial charge is 0.263 e. The Morgan fingerprint density at radius 1 is 1.17 bits per heavy atom. The van der Waals surface area contributed by atoms with Crippen molar-refractivity contribution in [1.82, 2.24) is 5.32 Å². The molecule has 5 rings (SSSR count). The molecule has 1 aromatic rings. The highest BCUT2D eigenvalue weighted by Crippen LogP contribution is 2.61. The van der Waals surface area contributed by atoms with E-state index in [1.54, 1.807) is 32.4 Å². The van der Waals surface area contributed by atoms with Gasteiger partial charge in [-0.1, -0.05) is 0 Å². The molecule has 1 atom stereocenters. The Bertz CT molecular complexity index is 851. The number of carbonyl (C=O) groups is 1. The van der Waals surface area contributed by atoms with Gasteiger partial charge in [0, 0.05) is 18.3 Å². The van der Waals surface area contributed by atoms with Gasteiger partial charge in [-0.15, -0.1) is 0 Å². The predicted molar refractivity (Wildman–Crippen MR) is 115 cm³/mol. The lowest BCUT2D eigenvalue weighted by atomic mass is 9.48. The molecule has 0 radical (unpaired) electrons. The van der Waals surface area contributed by atoms with Gasteiger partial charge in [-0.05, 0) is 80.8 Å². The van der Waals surface area contributed by atoms with Crippen molar-refractivity contribution in [3.05, 3.63) is 30.0 Å². The lowest BCUT2D eigenvalue weighted by Crippen LogP contribution is -2.56. The highest BCUT2D eigenvalue weighted by molar-refractivity contribution is 5.97. The van der Waals surface area contributed by atoms with Crippen molar-refractivity contribution in [1.29, 1.82) is 5.26 Å². The van der Waals surface area contributed by atoms with Crippen LogP contribution in [0.2, 0.25) is 0 Å². The molecule has 160 valence electrons. The van der Waals surface area contributed by atoms with E-state index in [9.17, 15) is 10.1 Å². The fraction of sp³-hybridized carbons (Fsp3) is 0.583. The molecule has 0 saturated heterocycles. The van der Waals surface area contributed by atoms with Crippen LogP contribution in [-0.2, 0) is 4.79 Å². The maximum atomic E-state index is 12.9. The Labute approximate surface area is 178 Å². The number of benzene rings is 1. The van der Waals surface area contributed by atoms with Crippen LogP contribution >= 0.6 is 0 Å². The standard InChI is InChI=1S/C24H31N3O3/c1-15(24-10-16-6-17(11-24)8-18(7-16)12-24)27-23(28)19(13-25)14-26-21-5-4-20(29-2)9-22(21)30-3/h4-5,9,14-18,26H,6-8,10-12H2,1-3H3,(H,27,28)/b19-14-. The largest absolute Gasteiger partial charge is 0.497 e. The Morgan fingerprint density at radius 2 is 1.80 bits per heavy atom. The SMILES string of the molecule is COc1ccc(N/C=C(/C#N)C(=O)NC(C)C23CC4CC(CC(C4)C2)C3)c(OC)c1. The number of nitrogens with one attached hydrogen (secondary N) is 2. The van der Waals surface area contributed by atoms with Gasteiger partial charge in [0.05, 0.1) is 19.9 Å². The molecule has 6 nitrogen and oxygen atoms in total. The highest BCUT2D eigenvalue weighted by atomic mass is 16.5. The van der Waals surface area contributed by atoms with Crippen LogP contribution < -0.4 is 20.1 Å². The van der Waals surface area contributed by atoms with Crippen molar-refractivity contribution in [2.24, 2.45) is 23.2 Å². The van der Waals surface area contributed by atoms with E-state index in [1.165, 1.54) is 44.7 Å². The van der Waals surface area contributed by atoms with Crippen LogP contribution in [0.3, 0.4) is 0 Å². The van der Waals surface area contributed by atoms with Crippen molar-refractivity contribution in [2.75, 3.05) is 19.5 Å². The fourth-order valence-corrected chi connectivity index (χ4v) is 6.35. The average Bonchev–Trinajstić information content (AvgIpc) is 2.73. The van der Waals surface area contributed by atoms with E-state index in [0.29, 0.717) is 17.2 Å². The van der Waals surface area contributed by atoms with Gasteiger partial charge in [-0.25, -0.2) is 0 Å². The third-order valence-electron chi connectivity index (χ3n) is 7.50. The third kappa shape index (κ3) is 3.86. The summed E-state index contributed by atoms with van der Waals surface area (Å²) in [5.74, 6) is 3.40. The summed E-state index contributed by atoms with van der Waals surface area (Å²) in [6, 6.07) is 7.44. The van der Waals surface area contributed by atoms with Gasteiger partial charge >= 0.3 is 0 Å². The fourth-order valence-electron chi connectivity index (χ4n) is 6.35. The van der Waals surface area contributed by atoms with E-state index >= 15 is 0 Å². The highest BCUT2D eigenvalue weighted by Gasteiger charge is 2.53. The number of carbonyl (C=O) groups excluding carboxylic acids is 1.